The molecule has 0 N–H and O–H groups in total. The number of ether oxygens (including phenoxy) is 1. The molecule has 0 amide bonds. The monoisotopic (exact) mass is 391 g/mol. The van der Waals surface area contributed by atoms with Crippen LogP contribution in [0.2, 0.25) is 0 Å². The minimum absolute atomic E-state index is 0.215. The van der Waals surface area contributed by atoms with Gasteiger partial charge in [0.05, 0.1) is 5.71 Å². The summed E-state index contributed by atoms with van der Waals surface area (Å²) in [4.78, 5) is 18.1. The van der Waals surface area contributed by atoms with Crippen molar-refractivity contribution in [1.82, 2.24) is 0 Å². The number of carbonyl (C=O) groups is 1. The van der Waals surface area contributed by atoms with Gasteiger partial charge in [-0.05, 0) is 33.1 Å². The predicted octanol–water partition coefficient (Wildman–Crippen LogP) is 6.20. The van der Waals surface area contributed by atoms with Gasteiger partial charge in [-0.3, -0.25) is 4.99 Å². The van der Waals surface area contributed by atoms with Crippen LogP contribution in [0.5, 0.6) is 0 Å². The van der Waals surface area contributed by atoms with Gasteiger partial charge < -0.3 is 4.74 Å². The summed E-state index contributed by atoms with van der Waals surface area (Å²) >= 11 is 0. The quantitative estimate of drug-likeness (QED) is 0.434. The maximum absolute atomic E-state index is 13.1. The number of aliphatic imine (C=N–C) groups is 1. The molecule has 0 saturated heterocycles. The molecule has 0 aromatic heterocycles. The zero-order valence-electron chi connectivity index (χ0n) is 17.9. The van der Waals surface area contributed by atoms with Gasteiger partial charge in [0.2, 0.25) is 0 Å². The summed E-state index contributed by atoms with van der Waals surface area (Å²) in [5.41, 5.74) is 2.39. The van der Waals surface area contributed by atoms with Gasteiger partial charge in [-0.2, -0.15) is 0 Å². The Labute approximate surface area is 175 Å². The Morgan fingerprint density at radius 3 is 1.93 bits per heavy atom. The predicted molar refractivity (Wildman–Crippen MR) is 119 cm³/mol. The molecular formula is C26H33NO2. The van der Waals surface area contributed by atoms with Crippen LogP contribution in [0.1, 0.15) is 70.4 Å². The van der Waals surface area contributed by atoms with Gasteiger partial charge in [0.1, 0.15) is 11.6 Å². The number of carbonyl (C=O) groups excluding carboxylic acids is 1. The maximum Gasteiger partial charge on any atom is 0.331 e. The Bertz CT molecular complexity index is 758. The third kappa shape index (κ3) is 6.56. The lowest BCUT2D eigenvalue weighted by Crippen LogP contribution is -2.33. The van der Waals surface area contributed by atoms with E-state index >= 15 is 0 Å². The van der Waals surface area contributed by atoms with Crippen molar-refractivity contribution >= 4 is 11.7 Å². The minimum Gasteiger partial charge on any atom is -0.458 e. The molecule has 29 heavy (non-hydrogen) atoms. The van der Waals surface area contributed by atoms with Crippen molar-refractivity contribution in [1.29, 1.82) is 0 Å². The summed E-state index contributed by atoms with van der Waals surface area (Å²) in [6.45, 7) is 5.75. The summed E-state index contributed by atoms with van der Waals surface area (Å²) in [5, 5.41) is 0. The molecule has 0 spiro atoms. The Morgan fingerprint density at radius 2 is 1.45 bits per heavy atom. The van der Waals surface area contributed by atoms with Gasteiger partial charge in [-0.15, -0.1) is 0 Å². The molecule has 154 valence electrons. The van der Waals surface area contributed by atoms with E-state index in [4.69, 9.17) is 9.73 Å². The highest BCUT2D eigenvalue weighted by Crippen LogP contribution is 2.29. The van der Waals surface area contributed by atoms with Crippen LogP contribution in [-0.4, -0.2) is 23.3 Å². The van der Waals surface area contributed by atoms with Crippen LogP contribution in [0.3, 0.4) is 0 Å². The summed E-state index contributed by atoms with van der Waals surface area (Å²) in [6.07, 6.45) is 6.93. The minimum atomic E-state index is -0.517. The maximum atomic E-state index is 13.1. The second kappa shape index (κ2) is 9.87. The summed E-state index contributed by atoms with van der Waals surface area (Å²) < 4.78 is 5.77. The molecule has 0 radical (unpaired) electrons. The lowest BCUT2D eigenvalue weighted by Gasteiger charge is -2.27. The molecule has 1 atom stereocenters. The number of rotatable bonds is 6. The molecule has 0 heterocycles. The van der Waals surface area contributed by atoms with Crippen LogP contribution < -0.4 is 0 Å². The molecule has 0 bridgehead atoms. The van der Waals surface area contributed by atoms with Gasteiger partial charge in [-0.1, -0.05) is 92.8 Å². The number of hydrogen-bond acceptors (Lipinski definition) is 3. The largest absolute Gasteiger partial charge is 0.458 e. The Balaban J connectivity index is 1.97. The topological polar surface area (TPSA) is 38.7 Å². The Morgan fingerprint density at radius 1 is 0.931 bits per heavy atom. The number of esters is 1. The number of hydrogen-bond donors (Lipinski definition) is 0. The molecule has 0 aliphatic heterocycles. The van der Waals surface area contributed by atoms with E-state index < -0.39 is 11.6 Å². The van der Waals surface area contributed by atoms with E-state index in [9.17, 15) is 4.79 Å². The van der Waals surface area contributed by atoms with Crippen molar-refractivity contribution in [3.8, 4) is 0 Å². The lowest BCUT2D eigenvalue weighted by molar-refractivity contribution is -0.156. The SMILES string of the molecule is CC(C)(C)OC(=O)[C@@H](CC1CCCCC1)N=C(c1ccccc1)c1ccccc1. The molecule has 2 aromatic rings. The molecule has 1 aliphatic rings. The highest BCUT2D eigenvalue weighted by Gasteiger charge is 2.29. The first kappa shape index (κ1) is 21.3. The van der Waals surface area contributed by atoms with E-state index in [1.54, 1.807) is 0 Å². The van der Waals surface area contributed by atoms with Crippen LogP contribution in [0.15, 0.2) is 65.7 Å². The average Bonchev–Trinajstić information content (AvgIpc) is 2.72. The van der Waals surface area contributed by atoms with E-state index in [1.165, 1.54) is 32.1 Å². The third-order valence-corrected chi connectivity index (χ3v) is 5.34. The fraction of sp³-hybridized carbons (Fsp3) is 0.462. The summed E-state index contributed by atoms with van der Waals surface area (Å²) in [5.74, 6) is 0.324. The van der Waals surface area contributed by atoms with E-state index in [0.29, 0.717) is 5.92 Å². The Kier molecular flexibility index (Phi) is 7.24. The van der Waals surface area contributed by atoms with Crippen molar-refractivity contribution in [2.75, 3.05) is 0 Å². The second-order valence-corrected chi connectivity index (χ2v) is 9.00. The molecule has 3 nitrogen and oxygen atoms in total. The smallest absolute Gasteiger partial charge is 0.331 e. The standard InChI is InChI=1S/C26H33NO2/c1-26(2,3)29-25(28)23(19-20-13-7-4-8-14-20)27-24(21-15-9-5-10-16-21)22-17-11-6-12-18-22/h5-6,9-12,15-18,20,23H,4,7-8,13-14,19H2,1-3H3/t23-/m1/s1. The van der Waals surface area contributed by atoms with Gasteiger partial charge in [0.25, 0.3) is 0 Å². The normalized spacial score (nSPS) is 16.1. The van der Waals surface area contributed by atoms with Crippen LogP contribution in [0.25, 0.3) is 0 Å². The average molecular weight is 392 g/mol. The highest BCUT2D eigenvalue weighted by molar-refractivity contribution is 6.13. The van der Waals surface area contributed by atoms with Gasteiger partial charge in [-0.25, -0.2) is 4.79 Å². The zero-order chi connectivity index (χ0) is 20.7. The lowest BCUT2D eigenvalue weighted by atomic mass is 9.84. The highest BCUT2D eigenvalue weighted by atomic mass is 16.6. The molecular weight excluding hydrogens is 358 g/mol. The van der Waals surface area contributed by atoms with Crippen molar-refractivity contribution in [2.45, 2.75) is 70.9 Å². The number of benzene rings is 2. The van der Waals surface area contributed by atoms with E-state index in [2.05, 4.69) is 24.3 Å². The summed E-state index contributed by atoms with van der Waals surface area (Å²) in [6, 6.07) is 19.8. The molecule has 1 aliphatic carbocycles. The fourth-order valence-corrected chi connectivity index (χ4v) is 3.97. The fourth-order valence-electron chi connectivity index (χ4n) is 3.97. The van der Waals surface area contributed by atoms with Crippen molar-refractivity contribution in [2.24, 2.45) is 10.9 Å². The summed E-state index contributed by atoms with van der Waals surface area (Å²) in [7, 11) is 0. The van der Waals surface area contributed by atoms with Crippen molar-refractivity contribution in [3.63, 3.8) is 0 Å². The first-order chi connectivity index (χ1) is 13.9. The molecule has 0 unspecified atom stereocenters. The van der Waals surface area contributed by atoms with E-state index in [0.717, 1.165) is 23.3 Å². The van der Waals surface area contributed by atoms with Crippen LogP contribution in [0.4, 0.5) is 0 Å². The van der Waals surface area contributed by atoms with Gasteiger partial charge in [0.15, 0.2) is 0 Å². The van der Waals surface area contributed by atoms with Gasteiger partial charge in [0, 0.05) is 11.1 Å². The number of nitrogens with zero attached hydrogens (tertiary/aromatic N) is 1. The molecule has 2 aromatic carbocycles. The van der Waals surface area contributed by atoms with Crippen LogP contribution in [0, 0.1) is 5.92 Å². The first-order valence-electron chi connectivity index (χ1n) is 10.8. The molecule has 3 rings (SSSR count). The third-order valence-electron chi connectivity index (χ3n) is 5.34. The second-order valence-electron chi connectivity index (χ2n) is 9.00. The van der Waals surface area contributed by atoms with E-state index in [1.807, 2.05) is 57.2 Å². The van der Waals surface area contributed by atoms with Crippen LogP contribution >= 0.6 is 0 Å². The van der Waals surface area contributed by atoms with Crippen molar-refractivity contribution in [3.05, 3.63) is 71.8 Å². The molecule has 1 saturated carbocycles. The van der Waals surface area contributed by atoms with Gasteiger partial charge >= 0.3 is 5.97 Å². The zero-order valence-corrected chi connectivity index (χ0v) is 17.9. The first-order valence-corrected chi connectivity index (χ1v) is 10.8. The molecule has 1 fully saturated rings. The van der Waals surface area contributed by atoms with Crippen LogP contribution in [-0.2, 0) is 9.53 Å². The van der Waals surface area contributed by atoms with Crippen molar-refractivity contribution < 1.29 is 9.53 Å². The molecule has 3 heteroatoms. The van der Waals surface area contributed by atoms with E-state index in [-0.39, 0.29) is 5.97 Å². The Hall–Kier alpha value is -2.42.